The molecule has 0 bridgehead atoms. The molecule has 0 aliphatic heterocycles. The van der Waals surface area contributed by atoms with Crippen molar-refractivity contribution >= 4 is 5.96 Å². The van der Waals surface area contributed by atoms with Crippen LogP contribution in [-0.2, 0) is 4.74 Å². The summed E-state index contributed by atoms with van der Waals surface area (Å²) < 4.78 is 33.4. The zero-order valence-electron chi connectivity index (χ0n) is 17.8. The standard InChI is InChI=1S/C20H35F2N5O/c1-6-23-20(24-11-13-27(4)12-8-14-28-5)25-15-18(26(2)3)19-16(21)9-7-10-17(19)22/h7,9-10,18H,6,8,11-15H2,1-5H3,(H2,23,24,25). The van der Waals surface area contributed by atoms with Crippen LogP contribution in [0.15, 0.2) is 23.2 Å². The van der Waals surface area contributed by atoms with Crippen molar-refractivity contribution in [1.82, 2.24) is 20.4 Å². The Hall–Kier alpha value is -1.77. The van der Waals surface area contributed by atoms with E-state index in [2.05, 4.69) is 27.6 Å². The fourth-order valence-corrected chi connectivity index (χ4v) is 2.82. The molecule has 0 saturated carbocycles. The average molecular weight is 400 g/mol. The minimum Gasteiger partial charge on any atom is -0.385 e. The number of likely N-dealkylation sites (N-methyl/N-ethyl adjacent to an activating group) is 2. The molecule has 28 heavy (non-hydrogen) atoms. The smallest absolute Gasteiger partial charge is 0.191 e. The molecule has 160 valence electrons. The van der Waals surface area contributed by atoms with E-state index in [9.17, 15) is 8.78 Å². The second-order valence-electron chi connectivity index (χ2n) is 6.91. The SMILES string of the molecule is CCNC(=NCC(c1c(F)cccc1F)N(C)C)NCCN(C)CCCOC. The van der Waals surface area contributed by atoms with Gasteiger partial charge in [-0.15, -0.1) is 0 Å². The molecule has 0 radical (unpaired) electrons. The third-order valence-corrected chi connectivity index (χ3v) is 4.40. The van der Waals surface area contributed by atoms with Gasteiger partial charge in [-0.25, -0.2) is 8.78 Å². The average Bonchev–Trinajstić information content (AvgIpc) is 2.63. The van der Waals surface area contributed by atoms with Crippen molar-refractivity contribution in [2.45, 2.75) is 19.4 Å². The summed E-state index contributed by atoms with van der Waals surface area (Å²) in [4.78, 5) is 8.54. The first kappa shape index (κ1) is 24.3. The van der Waals surface area contributed by atoms with Gasteiger partial charge in [-0.2, -0.15) is 0 Å². The molecule has 1 atom stereocenters. The van der Waals surface area contributed by atoms with Gasteiger partial charge in [-0.3, -0.25) is 4.99 Å². The number of halogens is 2. The van der Waals surface area contributed by atoms with E-state index in [0.29, 0.717) is 12.5 Å². The number of hydrogen-bond acceptors (Lipinski definition) is 4. The summed E-state index contributed by atoms with van der Waals surface area (Å²) >= 11 is 0. The van der Waals surface area contributed by atoms with E-state index < -0.39 is 17.7 Å². The number of nitrogens with one attached hydrogen (secondary N) is 2. The molecule has 0 fully saturated rings. The number of rotatable bonds is 12. The number of benzene rings is 1. The maximum atomic E-state index is 14.2. The topological polar surface area (TPSA) is 52.1 Å². The van der Waals surface area contributed by atoms with Gasteiger partial charge in [-0.1, -0.05) is 6.07 Å². The highest BCUT2D eigenvalue weighted by atomic mass is 19.1. The predicted molar refractivity (Wildman–Crippen MR) is 111 cm³/mol. The predicted octanol–water partition coefficient (Wildman–Crippen LogP) is 2.09. The molecule has 1 aromatic carbocycles. The molecular formula is C20H35F2N5O. The van der Waals surface area contributed by atoms with Crippen LogP contribution >= 0.6 is 0 Å². The minimum absolute atomic E-state index is 0.0463. The van der Waals surface area contributed by atoms with Crippen molar-refractivity contribution < 1.29 is 13.5 Å². The fourth-order valence-electron chi connectivity index (χ4n) is 2.82. The first-order valence-electron chi connectivity index (χ1n) is 9.70. The van der Waals surface area contributed by atoms with Crippen molar-refractivity contribution in [3.05, 3.63) is 35.4 Å². The van der Waals surface area contributed by atoms with Gasteiger partial charge in [-0.05, 0) is 46.6 Å². The van der Waals surface area contributed by atoms with Crippen LogP contribution in [0, 0.1) is 11.6 Å². The Kier molecular flexibility index (Phi) is 11.6. The van der Waals surface area contributed by atoms with Crippen LogP contribution in [0.5, 0.6) is 0 Å². The molecule has 0 spiro atoms. The van der Waals surface area contributed by atoms with Crippen LogP contribution in [0.1, 0.15) is 24.9 Å². The van der Waals surface area contributed by atoms with Gasteiger partial charge in [0.05, 0.1) is 12.6 Å². The Bertz CT molecular complexity index is 578. The summed E-state index contributed by atoms with van der Waals surface area (Å²) in [5.41, 5.74) is 0.0463. The van der Waals surface area contributed by atoms with Gasteiger partial charge in [0.2, 0.25) is 0 Å². The van der Waals surface area contributed by atoms with E-state index in [1.54, 1.807) is 26.1 Å². The molecule has 1 rings (SSSR count). The van der Waals surface area contributed by atoms with Crippen LogP contribution in [0.25, 0.3) is 0 Å². The quantitative estimate of drug-likeness (QED) is 0.320. The largest absolute Gasteiger partial charge is 0.385 e. The van der Waals surface area contributed by atoms with Crippen molar-refractivity contribution in [3.63, 3.8) is 0 Å². The van der Waals surface area contributed by atoms with Crippen molar-refractivity contribution in [3.8, 4) is 0 Å². The molecular weight excluding hydrogens is 364 g/mol. The fraction of sp³-hybridized carbons (Fsp3) is 0.650. The Morgan fingerprint density at radius 1 is 1.14 bits per heavy atom. The molecule has 2 N–H and O–H groups in total. The molecule has 0 heterocycles. The summed E-state index contributed by atoms with van der Waals surface area (Å²) in [5, 5.41) is 6.45. The zero-order valence-corrected chi connectivity index (χ0v) is 17.8. The van der Waals surface area contributed by atoms with E-state index >= 15 is 0 Å². The van der Waals surface area contributed by atoms with Gasteiger partial charge < -0.3 is 25.2 Å². The summed E-state index contributed by atoms with van der Waals surface area (Å²) in [6.45, 7) is 6.20. The Morgan fingerprint density at radius 3 is 2.39 bits per heavy atom. The van der Waals surface area contributed by atoms with E-state index in [0.717, 1.165) is 32.7 Å². The zero-order chi connectivity index (χ0) is 20.9. The second kappa shape index (κ2) is 13.4. The lowest BCUT2D eigenvalue weighted by Gasteiger charge is -2.24. The van der Waals surface area contributed by atoms with Crippen molar-refractivity contribution in [1.29, 1.82) is 0 Å². The molecule has 1 unspecified atom stereocenters. The van der Waals surface area contributed by atoms with Gasteiger partial charge in [0.15, 0.2) is 5.96 Å². The molecule has 0 aromatic heterocycles. The highest BCUT2D eigenvalue weighted by Gasteiger charge is 2.22. The van der Waals surface area contributed by atoms with Gasteiger partial charge in [0.25, 0.3) is 0 Å². The monoisotopic (exact) mass is 399 g/mol. The van der Waals surface area contributed by atoms with E-state index in [4.69, 9.17) is 4.74 Å². The summed E-state index contributed by atoms with van der Waals surface area (Å²) in [6, 6.07) is 3.44. The summed E-state index contributed by atoms with van der Waals surface area (Å²) in [5.74, 6) is -0.467. The molecule has 0 aliphatic rings. The Balaban J connectivity index is 2.70. The van der Waals surface area contributed by atoms with Gasteiger partial charge in [0.1, 0.15) is 11.6 Å². The lowest BCUT2D eigenvalue weighted by atomic mass is 10.0. The summed E-state index contributed by atoms with van der Waals surface area (Å²) in [6.07, 6.45) is 0.986. The highest BCUT2D eigenvalue weighted by Crippen LogP contribution is 2.24. The third kappa shape index (κ3) is 8.50. The lowest BCUT2D eigenvalue weighted by molar-refractivity contribution is 0.180. The lowest BCUT2D eigenvalue weighted by Crippen LogP contribution is -2.41. The first-order chi connectivity index (χ1) is 13.4. The molecule has 1 aromatic rings. The van der Waals surface area contributed by atoms with Crippen LogP contribution in [0.3, 0.4) is 0 Å². The maximum absolute atomic E-state index is 14.2. The maximum Gasteiger partial charge on any atom is 0.191 e. The van der Waals surface area contributed by atoms with Crippen LogP contribution in [-0.4, -0.2) is 83.3 Å². The highest BCUT2D eigenvalue weighted by molar-refractivity contribution is 5.79. The number of nitrogens with zero attached hydrogens (tertiary/aromatic N) is 3. The van der Waals surface area contributed by atoms with E-state index in [1.807, 2.05) is 6.92 Å². The van der Waals surface area contributed by atoms with E-state index in [1.165, 1.54) is 18.2 Å². The summed E-state index contributed by atoms with van der Waals surface area (Å²) in [7, 11) is 7.35. The molecule has 0 amide bonds. The van der Waals surface area contributed by atoms with Gasteiger partial charge in [0, 0.05) is 45.5 Å². The molecule has 6 nitrogen and oxygen atoms in total. The first-order valence-corrected chi connectivity index (χ1v) is 9.70. The number of hydrogen-bond donors (Lipinski definition) is 2. The van der Waals surface area contributed by atoms with Crippen LogP contribution in [0.4, 0.5) is 8.78 Å². The Morgan fingerprint density at radius 2 is 1.82 bits per heavy atom. The van der Waals surface area contributed by atoms with Crippen LogP contribution < -0.4 is 10.6 Å². The third-order valence-electron chi connectivity index (χ3n) is 4.40. The molecule has 0 saturated heterocycles. The van der Waals surface area contributed by atoms with Crippen molar-refractivity contribution in [2.24, 2.45) is 4.99 Å². The van der Waals surface area contributed by atoms with Gasteiger partial charge >= 0.3 is 0 Å². The number of ether oxygens (including phenoxy) is 1. The van der Waals surface area contributed by atoms with Crippen molar-refractivity contribution in [2.75, 3.05) is 67.6 Å². The minimum atomic E-state index is -0.551. The van der Waals surface area contributed by atoms with E-state index in [-0.39, 0.29) is 12.1 Å². The second-order valence-corrected chi connectivity index (χ2v) is 6.91. The normalized spacial score (nSPS) is 13.2. The molecule has 0 aliphatic carbocycles. The van der Waals surface area contributed by atoms with Crippen LogP contribution in [0.2, 0.25) is 0 Å². The number of aliphatic imine (C=N–C) groups is 1. The number of guanidine groups is 1. The number of methoxy groups -OCH3 is 1. The molecule has 8 heteroatoms. The Labute approximate surface area is 167 Å².